The molecule has 8 nitrogen and oxygen atoms in total. The number of guanidine groups is 1. The Labute approximate surface area is 178 Å². The Morgan fingerprint density at radius 3 is 2.77 bits per heavy atom. The summed E-state index contributed by atoms with van der Waals surface area (Å²) in [5.74, 6) is 1.99. The van der Waals surface area contributed by atoms with Crippen molar-refractivity contribution in [2.75, 3.05) is 26.2 Å². The number of likely N-dealkylation sites (tertiary alicyclic amines) is 1. The summed E-state index contributed by atoms with van der Waals surface area (Å²) in [6.45, 7) is 5.94. The third kappa shape index (κ3) is 5.56. The average Bonchev–Trinajstić information content (AvgIpc) is 3.48. The monoisotopic (exact) mass is 411 g/mol. The molecule has 0 atom stereocenters. The van der Waals surface area contributed by atoms with Crippen LogP contribution in [0.4, 0.5) is 0 Å². The van der Waals surface area contributed by atoms with Crippen LogP contribution in [-0.2, 0) is 6.42 Å². The van der Waals surface area contributed by atoms with Gasteiger partial charge in [-0.3, -0.25) is 9.98 Å². The molecule has 1 aliphatic heterocycles. The van der Waals surface area contributed by atoms with Crippen molar-refractivity contribution in [3.8, 4) is 11.6 Å². The first-order valence-corrected chi connectivity index (χ1v) is 11.3. The molecule has 0 radical (unpaired) electrons. The first-order chi connectivity index (χ1) is 14.8. The van der Waals surface area contributed by atoms with Gasteiger partial charge in [-0.1, -0.05) is 24.1 Å². The molecule has 1 saturated heterocycles. The van der Waals surface area contributed by atoms with E-state index in [1.54, 1.807) is 6.20 Å². The van der Waals surface area contributed by atoms with Gasteiger partial charge in [0, 0.05) is 50.9 Å². The lowest BCUT2D eigenvalue weighted by molar-refractivity contribution is 0.150. The second kappa shape index (κ2) is 10.5. The largest absolute Gasteiger partial charge is 0.357 e. The first-order valence-electron chi connectivity index (χ1n) is 11.3. The van der Waals surface area contributed by atoms with Crippen LogP contribution < -0.4 is 10.6 Å². The zero-order valence-electron chi connectivity index (χ0n) is 17.9. The van der Waals surface area contributed by atoms with E-state index in [4.69, 9.17) is 9.52 Å². The fourth-order valence-electron chi connectivity index (χ4n) is 4.41. The zero-order chi connectivity index (χ0) is 20.6. The standard InChI is InChI=1S/C22H33N7O/c1-2-23-22(26-17-11-15-29(16-12-17)18-7-3-4-8-18)25-14-10-20-27-21(30-28-20)19-9-5-6-13-24-19/h5-6,9,13,17-18H,2-4,7-8,10-12,14-16H2,1H3,(H2,23,25,26). The van der Waals surface area contributed by atoms with Crippen molar-refractivity contribution in [3.05, 3.63) is 30.2 Å². The van der Waals surface area contributed by atoms with Crippen LogP contribution in [0.1, 0.15) is 51.3 Å². The number of rotatable bonds is 7. The Balaban J connectivity index is 1.25. The summed E-state index contributed by atoms with van der Waals surface area (Å²) in [7, 11) is 0. The third-order valence-electron chi connectivity index (χ3n) is 6.01. The Morgan fingerprint density at radius 2 is 2.03 bits per heavy atom. The molecule has 2 aromatic heterocycles. The van der Waals surface area contributed by atoms with Crippen LogP contribution in [0.3, 0.4) is 0 Å². The molecule has 8 heteroatoms. The number of aromatic nitrogens is 3. The van der Waals surface area contributed by atoms with E-state index in [-0.39, 0.29) is 0 Å². The van der Waals surface area contributed by atoms with Gasteiger partial charge in [-0.15, -0.1) is 0 Å². The van der Waals surface area contributed by atoms with Crippen molar-refractivity contribution >= 4 is 5.96 Å². The van der Waals surface area contributed by atoms with Gasteiger partial charge in [-0.05, 0) is 44.7 Å². The molecule has 2 fully saturated rings. The SMILES string of the molecule is CCNC(=NCCc1noc(-c2ccccn2)n1)NC1CCN(C2CCCC2)CC1. The highest BCUT2D eigenvalue weighted by atomic mass is 16.5. The molecule has 3 heterocycles. The van der Waals surface area contributed by atoms with Crippen LogP contribution in [0.5, 0.6) is 0 Å². The van der Waals surface area contributed by atoms with Gasteiger partial charge in [0.2, 0.25) is 0 Å². The Kier molecular flexibility index (Phi) is 7.29. The van der Waals surface area contributed by atoms with Gasteiger partial charge in [0.1, 0.15) is 5.69 Å². The summed E-state index contributed by atoms with van der Waals surface area (Å²) in [5, 5.41) is 11.0. The molecule has 0 spiro atoms. The van der Waals surface area contributed by atoms with Crippen molar-refractivity contribution in [2.24, 2.45) is 4.99 Å². The maximum Gasteiger partial charge on any atom is 0.276 e. The molecule has 1 saturated carbocycles. The number of pyridine rings is 1. The number of nitrogens with zero attached hydrogens (tertiary/aromatic N) is 5. The summed E-state index contributed by atoms with van der Waals surface area (Å²) < 4.78 is 5.32. The fourth-order valence-corrected chi connectivity index (χ4v) is 4.41. The molecule has 0 unspecified atom stereocenters. The van der Waals surface area contributed by atoms with Crippen LogP contribution in [0.2, 0.25) is 0 Å². The smallest absolute Gasteiger partial charge is 0.276 e. The lowest BCUT2D eigenvalue weighted by Gasteiger charge is -2.36. The molecular weight excluding hydrogens is 378 g/mol. The molecule has 4 rings (SSSR count). The van der Waals surface area contributed by atoms with E-state index in [1.807, 2.05) is 18.2 Å². The number of nitrogens with one attached hydrogen (secondary N) is 2. The summed E-state index contributed by atoms with van der Waals surface area (Å²) in [6, 6.07) is 6.95. The molecule has 30 heavy (non-hydrogen) atoms. The van der Waals surface area contributed by atoms with E-state index in [0.29, 0.717) is 36.4 Å². The van der Waals surface area contributed by atoms with Crippen molar-refractivity contribution in [1.29, 1.82) is 0 Å². The number of aliphatic imine (C=N–C) groups is 1. The van der Waals surface area contributed by atoms with E-state index in [0.717, 1.165) is 18.5 Å². The molecule has 0 aromatic carbocycles. The van der Waals surface area contributed by atoms with Crippen molar-refractivity contribution in [1.82, 2.24) is 30.7 Å². The quantitative estimate of drug-likeness (QED) is 0.534. The highest BCUT2D eigenvalue weighted by molar-refractivity contribution is 5.80. The fraction of sp³-hybridized carbons (Fsp3) is 0.636. The van der Waals surface area contributed by atoms with Gasteiger partial charge in [0.15, 0.2) is 11.8 Å². The van der Waals surface area contributed by atoms with Crippen LogP contribution >= 0.6 is 0 Å². The van der Waals surface area contributed by atoms with E-state index in [2.05, 4.69) is 37.6 Å². The van der Waals surface area contributed by atoms with Gasteiger partial charge in [-0.2, -0.15) is 4.98 Å². The molecular formula is C22H33N7O. The Bertz CT molecular complexity index is 793. The van der Waals surface area contributed by atoms with E-state index < -0.39 is 0 Å². The minimum Gasteiger partial charge on any atom is -0.357 e. The van der Waals surface area contributed by atoms with Crippen molar-refractivity contribution in [3.63, 3.8) is 0 Å². The molecule has 2 N–H and O–H groups in total. The summed E-state index contributed by atoms with van der Waals surface area (Å²) in [5.41, 5.74) is 0.693. The normalized spacial score (nSPS) is 19.3. The topological polar surface area (TPSA) is 91.5 Å². The van der Waals surface area contributed by atoms with Gasteiger partial charge < -0.3 is 20.1 Å². The minimum atomic E-state index is 0.452. The second-order valence-electron chi connectivity index (χ2n) is 8.13. The van der Waals surface area contributed by atoms with Crippen LogP contribution in [0.25, 0.3) is 11.6 Å². The first kappa shape index (κ1) is 20.8. The molecule has 162 valence electrons. The van der Waals surface area contributed by atoms with Crippen molar-refractivity contribution in [2.45, 2.75) is 64.0 Å². The highest BCUT2D eigenvalue weighted by Gasteiger charge is 2.27. The number of hydrogen-bond donors (Lipinski definition) is 2. The predicted octanol–water partition coefficient (Wildman–Crippen LogP) is 2.64. The van der Waals surface area contributed by atoms with E-state index in [9.17, 15) is 0 Å². The second-order valence-corrected chi connectivity index (χ2v) is 8.13. The predicted molar refractivity (Wildman–Crippen MR) is 117 cm³/mol. The zero-order valence-corrected chi connectivity index (χ0v) is 17.9. The van der Waals surface area contributed by atoms with Crippen LogP contribution in [0, 0.1) is 0 Å². The minimum absolute atomic E-state index is 0.452. The van der Waals surface area contributed by atoms with Gasteiger partial charge in [0.25, 0.3) is 5.89 Å². The molecule has 2 aliphatic rings. The van der Waals surface area contributed by atoms with Gasteiger partial charge in [-0.25, -0.2) is 0 Å². The molecule has 0 amide bonds. The molecule has 2 aromatic rings. The average molecular weight is 412 g/mol. The van der Waals surface area contributed by atoms with E-state index in [1.165, 1.54) is 51.6 Å². The highest BCUT2D eigenvalue weighted by Crippen LogP contribution is 2.26. The number of piperidine rings is 1. The Morgan fingerprint density at radius 1 is 1.20 bits per heavy atom. The summed E-state index contributed by atoms with van der Waals surface area (Å²) in [6.07, 6.45) is 10.3. The van der Waals surface area contributed by atoms with Gasteiger partial charge in [0.05, 0.1) is 0 Å². The number of hydrogen-bond acceptors (Lipinski definition) is 6. The van der Waals surface area contributed by atoms with Gasteiger partial charge >= 0.3 is 0 Å². The van der Waals surface area contributed by atoms with Crippen LogP contribution in [0.15, 0.2) is 33.9 Å². The summed E-state index contributed by atoms with van der Waals surface area (Å²) >= 11 is 0. The summed E-state index contributed by atoms with van der Waals surface area (Å²) in [4.78, 5) is 16.1. The maximum atomic E-state index is 5.32. The maximum absolute atomic E-state index is 5.32. The molecule has 0 bridgehead atoms. The lowest BCUT2D eigenvalue weighted by Crippen LogP contribution is -2.50. The molecule has 1 aliphatic carbocycles. The lowest BCUT2D eigenvalue weighted by atomic mass is 10.0. The van der Waals surface area contributed by atoms with E-state index >= 15 is 0 Å². The van der Waals surface area contributed by atoms with Crippen LogP contribution in [-0.4, -0.2) is 64.2 Å². The Hall–Kier alpha value is -2.48. The third-order valence-corrected chi connectivity index (χ3v) is 6.01. The van der Waals surface area contributed by atoms with Crippen molar-refractivity contribution < 1.29 is 4.52 Å².